The summed E-state index contributed by atoms with van der Waals surface area (Å²) < 4.78 is 30.8. The molecule has 1 fully saturated rings. The van der Waals surface area contributed by atoms with Gasteiger partial charge in [0.2, 0.25) is 0 Å². The molecule has 0 spiro atoms. The lowest BCUT2D eigenvalue weighted by atomic mass is 10.2. The fourth-order valence-corrected chi connectivity index (χ4v) is 4.86. The van der Waals surface area contributed by atoms with E-state index in [4.69, 9.17) is 11.6 Å². The zero-order chi connectivity index (χ0) is 21.2. The molecule has 0 aromatic heterocycles. The smallest absolute Gasteiger partial charge is 0.331 e. The zero-order valence-electron chi connectivity index (χ0n) is 15.2. The number of nitrogens with zero attached hydrogens (tertiary/aromatic N) is 1. The molecule has 1 aliphatic heterocycles. The van der Waals surface area contributed by atoms with Crippen LogP contribution in [0.3, 0.4) is 0 Å². The van der Waals surface area contributed by atoms with Crippen molar-refractivity contribution in [3.8, 4) is 0 Å². The lowest BCUT2D eigenvalue weighted by Gasteiger charge is -2.15. The highest BCUT2D eigenvalue weighted by molar-refractivity contribution is 7.93. The van der Waals surface area contributed by atoms with Gasteiger partial charge in [-0.3, -0.25) is 14.5 Å². The molecule has 150 valence electrons. The Kier molecular flexibility index (Phi) is 5.86. The van der Waals surface area contributed by atoms with Gasteiger partial charge in [0.1, 0.15) is 0 Å². The van der Waals surface area contributed by atoms with Crippen LogP contribution >= 0.6 is 11.6 Å². The van der Waals surface area contributed by atoms with Crippen molar-refractivity contribution in [1.82, 2.24) is 4.90 Å². The first kappa shape index (κ1) is 20.8. The molecule has 1 saturated heterocycles. The minimum absolute atomic E-state index is 0.137. The number of rotatable bonds is 5. The third-order valence-electron chi connectivity index (χ3n) is 4.41. The predicted octanol–water partition coefficient (Wildman–Crippen LogP) is 2.15. The average molecular weight is 434 g/mol. The highest BCUT2D eigenvalue weighted by Gasteiger charge is 2.51. The molecule has 1 aliphatic rings. The van der Waals surface area contributed by atoms with Crippen molar-refractivity contribution < 1.29 is 27.5 Å². The summed E-state index contributed by atoms with van der Waals surface area (Å²) in [5.74, 6) is -2.77. The molecule has 1 heterocycles. The molecule has 29 heavy (non-hydrogen) atoms. The van der Waals surface area contributed by atoms with E-state index >= 15 is 0 Å². The van der Waals surface area contributed by atoms with Crippen LogP contribution in [0.25, 0.3) is 0 Å². The molecular weight excluding hydrogens is 418 g/mol. The first-order chi connectivity index (χ1) is 13.8. The van der Waals surface area contributed by atoms with Gasteiger partial charge in [-0.1, -0.05) is 48.0 Å². The molecule has 1 atom stereocenters. The molecule has 1 unspecified atom stereocenters. The Morgan fingerprint density at radius 2 is 1.72 bits per heavy atom. The van der Waals surface area contributed by atoms with Gasteiger partial charge in [0.15, 0.2) is 15.1 Å². The predicted molar refractivity (Wildman–Crippen MR) is 105 cm³/mol. The number of methoxy groups -OCH3 is 1. The molecule has 0 N–H and O–H groups in total. The molecule has 0 radical (unpaired) electrons. The first-order valence-electron chi connectivity index (χ1n) is 8.45. The summed E-state index contributed by atoms with van der Waals surface area (Å²) in [6, 6.07) is 13.8. The molecule has 2 aromatic rings. The summed E-state index contributed by atoms with van der Waals surface area (Å²) in [5, 5.41) is -1.53. The van der Waals surface area contributed by atoms with Crippen LogP contribution < -0.4 is 0 Å². The number of ether oxygens (including phenoxy) is 1. The van der Waals surface area contributed by atoms with E-state index in [-0.39, 0.29) is 11.4 Å². The normalized spacial score (nSPS) is 18.3. The number of hydrogen-bond acceptors (Lipinski definition) is 6. The largest absolute Gasteiger partial charge is 0.466 e. The van der Waals surface area contributed by atoms with E-state index in [9.17, 15) is 22.8 Å². The van der Waals surface area contributed by atoms with Crippen LogP contribution in [-0.2, 0) is 35.5 Å². The van der Waals surface area contributed by atoms with Gasteiger partial charge in [-0.25, -0.2) is 13.2 Å². The molecule has 3 rings (SSSR count). The minimum atomic E-state index is -4.28. The topological polar surface area (TPSA) is 97.8 Å². The number of benzene rings is 2. The van der Waals surface area contributed by atoms with Crippen LogP contribution in [-0.4, -0.2) is 43.5 Å². The van der Waals surface area contributed by atoms with E-state index in [0.717, 1.165) is 18.1 Å². The molecule has 2 aromatic carbocycles. The van der Waals surface area contributed by atoms with Crippen LogP contribution in [0.2, 0.25) is 5.02 Å². The minimum Gasteiger partial charge on any atom is -0.466 e. The van der Waals surface area contributed by atoms with E-state index in [2.05, 4.69) is 4.74 Å². The van der Waals surface area contributed by atoms with Crippen LogP contribution in [0.5, 0.6) is 0 Å². The van der Waals surface area contributed by atoms with Gasteiger partial charge < -0.3 is 4.74 Å². The number of imide groups is 1. The third kappa shape index (κ3) is 3.94. The van der Waals surface area contributed by atoms with E-state index in [0.29, 0.717) is 10.6 Å². The fourth-order valence-electron chi connectivity index (χ4n) is 2.96. The van der Waals surface area contributed by atoms with Crippen LogP contribution in [0, 0.1) is 0 Å². The molecule has 0 saturated carbocycles. The van der Waals surface area contributed by atoms with Gasteiger partial charge in [0, 0.05) is 11.1 Å². The summed E-state index contributed by atoms with van der Waals surface area (Å²) in [4.78, 5) is 38.3. The zero-order valence-corrected chi connectivity index (χ0v) is 16.8. The number of hydrogen-bond donors (Lipinski definition) is 0. The number of amides is 2. The van der Waals surface area contributed by atoms with Crippen molar-refractivity contribution in [2.45, 2.75) is 16.7 Å². The van der Waals surface area contributed by atoms with Gasteiger partial charge in [-0.05, 0) is 23.8 Å². The van der Waals surface area contributed by atoms with Crippen molar-refractivity contribution in [1.29, 1.82) is 0 Å². The highest BCUT2D eigenvalue weighted by Crippen LogP contribution is 2.32. The van der Waals surface area contributed by atoms with Gasteiger partial charge >= 0.3 is 5.97 Å². The maximum absolute atomic E-state index is 13.1. The van der Waals surface area contributed by atoms with Crippen LogP contribution in [0.4, 0.5) is 0 Å². The Morgan fingerprint density at radius 1 is 1.10 bits per heavy atom. The summed E-state index contributed by atoms with van der Waals surface area (Å²) in [7, 11) is -3.19. The SMILES string of the molecule is COC(=O)/C=C1/C(=O)N(Cc2ccccc2Cl)C(=O)C1S(=O)(=O)c1ccccc1. The van der Waals surface area contributed by atoms with E-state index in [1.165, 1.54) is 24.3 Å². The lowest BCUT2D eigenvalue weighted by Crippen LogP contribution is -2.35. The average Bonchev–Trinajstić information content (AvgIpc) is 2.94. The summed E-state index contributed by atoms with van der Waals surface area (Å²) in [6.07, 6.45) is 0.748. The van der Waals surface area contributed by atoms with Gasteiger partial charge in [-0.2, -0.15) is 0 Å². The first-order valence-corrected chi connectivity index (χ1v) is 10.4. The molecule has 0 aliphatic carbocycles. The maximum Gasteiger partial charge on any atom is 0.331 e. The van der Waals surface area contributed by atoms with Gasteiger partial charge in [0.05, 0.1) is 24.1 Å². The Morgan fingerprint density at radius 3 is 2.34 bits per heavy atom. The van der Waals surface area contributed by atoms with E-state index in [1.54, 1.807) is 30.3 Å². The number of likely N-dealkylation sites (tertiary alicyclic amines) is 1. The van der Waals surface area contributed by atoms with Crippen molar-refractivity contribution >= 4 is 39.2 Å². The number of esters is 1. The van der Waals surface area contributed by atoms with E-state index < -0.39 is 38.4 Å². The van der Waals surface area contributed by atoms with Crippen molar-refractivity contribution in [3.63, 3.8) is 0 Å². The Labute approximate surface area is 172 Å². The standard InChI is InChI=1S/C20H16ClNO6S/c1-28-17(23)11-15-18(29(26,27)14-8-3-2-4-9-14)20(25)22(19(15)24)12-13-7-5-6-10-16(13)21/h2-11,18H,12H2,1H3/b15-11+. The highest BCUT2D eigenvalue weighted by atomic mass is 35.5. The quantitative estimate of drug-likeness (QED) is 0.407. The second kappa shape index (κ2) is 8.18. The second-order valence-electron chi connectivity index (χ2n) is 6.18. The molecule has 0 bridgehead atoms. The number of carbonyl (C=O) groups excluding carboxylic acids is 3. The Bertz CT molecular complexity index is 1110. The summed E-state index contributed by atoms with van der Waals surface area (Å²) >= 11 is 6.11. The lowest BCUT2D eigenvalue weighted by molar-refractivity contribution is -0.139. The van der Waals surface area contributed by atoms with Crippen LogP contribution in [0.1, 0.15) is 5.56 Å². The van der Waals surface area contributed by atoms with Gasteiger partial charge in [0.25, 0.3) is 11.8 Å². The van der Waals surface area contributed by atoms with Crippen molar-refractivity contribution in [2.75, 3.05) is 7.11 Å². The molecule has 2 amide bonds. The number of carbonyl (C=O) groups is 3. The molecule has 7 nitrogen and oxygen atoms in total. The maximum atomic E-state index is 13.1. The van der Waals surface area contributed by atoms with Crippen molar-refractivity contribution in [3.05, 3.63) is 76.8 Å². The Hall–Kier alpha value is -2.97. The molecule has 9 heteroatoms. The fraction of sp³-hybridized carbons (Fsp3) is 0.150. The number of sulfone groups is 1. The van der Waals surface area contributed by atoms with Gasteiger partial charge in [-0.15, -0.1) is 0 Å². The summed E-state index contributed by atoms with van der Waals surface area (Å²) in [6.45, 7) is -0.226. The Balaban J connectivity index is 2.09. The second-order valence-corrected chi connectivity index (χ2v) is 8.62. The van der Waals surface area contributed by atoms with Crippen molar-refractivity contribution in [2.24, 2.45) is 0 Å². The summed E-state index contributed by atoms with van der Waals surface area (Å²) in [5.41, 5.74) is 0.00352. The van der Waals surface area contributed by atoms with E-state index in [1.807, 2.05) is 0 Å². The third-order valence-corrected chi connectivity index (χ3v) is 6.78. The van der Waals surface area contributed by atoms with Crippen LogP contribution in [0.15, 0.2) is 71.1 Å². The number of halogens is 1. The monoisotopic (exact) mass is 433 g/mol. The molecular formula is C20H16ClNO6S.